The highest BCUT2D eigenvalue weighted by molar-refractivity contribution is 8.00. The molecule has 0 fully saturated rings. The van der Waals surface area contributed by atoms with Gasteiger partial charge in [-0.3, -0.25) is 0 Å². The molecule has 0 aliphatic heterocycles. The SMILES string of the molecule is CSc1snc(OC(F)F)c1C#N. The summed E-state index contributed by atoms with van der Waals surface area (Å²) in [6, 6.07) is 1.77. The van der Waals surface area contributed by atoms with Crippen molar-refractivity contribution < 1.29 is 13.5 Å². The molecule has 0 saturated carbocycles. The lowest BCUT2D eigenvalue weighted by atomic mass is 10.4. The molecule has 0 spiro atoms. The minimum atomic E-state index is -2.94. The standard InChI is InChI=1S/C6H4F2N2OS2/c1-12-5-3(2-9)4(10-13-5)11-6(7)8/h6H,1H3. The van der Waals surface area contributed by atoms with E-state index < -0.39 is 6.61 Å². The van der Waals surface area contributed by atoms with Gasteiger partial charge >= 0.3 is 6.61 Å². The second-order valence-electron chi connectivity index (χ2n) is 1.84. The topological polar surface area (TPSA) is 45.9 Å². The largest absolute Gasteiger partial charge is 0.414 e. The van der Waals surface area contributed by atoms with E-state index in [1.165, 1.54) is 11.8 Å². The van der Waals surface area contributed by atoms with Crippen LogP contribution in [-0.4, -0.2) is 17.2 Å². The minimum absolute atomic E-state index is 0.0813. The van der Waals surface area contributed by atoms with Gasteiger partial charge in [-0.1, -0.05) is 0 Å². The molecule has 1 aromatic heterocycles. The number of aromatic nitrogens is 1. The molecule has 13 heavy (non-hydrogen) atoms. The van der Waals surface area contributed by atoms with Gasteiger partial charge in [0.2, 0.25) is 5.88 Å². The van der Waals surface area contributed by atoms with Gasteiger partial charge in [0.1, 0.15) is 15.8 Å². The van der Waals surface area contributed by atoms with Crippen LogP contribution in [0.3, 0.4) is 0 Å². The zero-order chi connectivity index (χ0) is 9.84. The zero-order valence-electron chi connectivity index (χ0n) is 6.45. The lowest BCUT2D eigenvalue weighted by molar-refractivity contribution is -0.0524. The van der Waals surface area contributed by atoms with Crippen molar-refractivity contribution in [3.63, 3.8) is 0 Å². The van der Waals surface area contributed by atoms with Crippen LogP contribution in [0.1, 0.15) is 5.56 Å². The van der Waals surface area contributed by atoms with Gasteiger partial charge in [-0.15, -0.1) is 11.8 Å². The predicted octanol–water partition coefficient (Wildman–Crippen LogP) is 2.34. The second-order valence-corrected chi connectivity index (χ2v) is 3.69. The van der Waals surface area contributed by atoms with Gasteiger partial charge in [0.25, 0.3) is 0 Å². The van der Waals surface area contributed by atoms with Crippen molar-refractivity contribution in [3.05, 3.63) is 5.56 Å². The average Bonchev–Trinajstić information content (AvgIpc) is 2.45. The summed E-state index contributed by atoms with van der Waals surface area (Å²) in [5, 5.41) is 8.61. The lowest BCUT2D eigenvalue weighted by Crippen LogP contribution is -2.03. The number of nitriles is 1. The van der Waals surface area contributed by atoms with E-state index >= 15 is 0 Å². The van der Waals surface area contributed by atoms with Crippen LogP contribution in [0.5, 0.6) is 5.88 Å². The number of alkyl halides is 2. The first kappa shape index (κ1) is 10.2. The summed E-state index contributed by atoms with van der Waals surface area (Å²) in [5.41, 5.74) is 0.0813. The summed E-state index contributed by atoms with van der Waals surface area (Å²) in [6.07, 6.45) is 1.74. The number of thioether (sulfide) groups is 1. The van der Waals surface area contributed by atoms with Crippen molar-refractivity contribution in [1.29, 1.82) is 5.26 Å². The van der Waals surface area contributed by atoms with E-state index in [2.05, 4.69) is 9.11 Å². The fourth-order valence-corrected chi connectivity index (χ4v) is 1.93. The maximum Gasteiger partial charge on any atom is 0.388 e. The van der Waals surface area contributed by atoms with Crippen molar-refractivity contribution in [2.75, 3.05) is 6.26 Å². The van der Waals surface area contributed by atoms with Crippen LogP contribution < -0.4 is 4.74 Å². The summed E-state index contributed by atoms with van der Waals surface area (Å²) >= 11 is 2.25. The zero-order valence-corrected chi connectivity index (χ0v) is 8.09. The third kappa shape index (κ3) is 2.29. The quantitative estimate of drug-likeness (QED) is 0.736. The van der Waals surface area contributed by atoms with Crippen LogP contribution in [0, 0.1) is 11.3 Å². The molecule has 1 aromatic rings. The van der Waals surface area contributed by atoms with Crippen LogP contribution in [0.2, 0.25) is 0 Å². The third-order valence-corrected chi connectivity index (χ3v) is 3.05. The van der Waals surface area contributed by atoms with E-state index in [1.54, 1.807) is 12.3 Å². The van der Waals surface area contributed by atoms with E-state index in [0.717, 1.165) is 11.5 Å². The molecule has 7 heteroatoms. The van der Waals surface area contributed by atoms with Crippen LogP contribution in [0.4, 0.5) is 8.78 Å². The maximum absolute atomic E-state index is 11.8. The van der Waals surface area contributed by atoms with Gasteiger partial charge in [0.15, 0.2) is 0 Å². The first-order valence-corrected chi connectivity index (χ1v) is 5.07. The molecule has 0 aromatic carbocycles. The number of hydrogen-bond acceptors (Lipinski definition) is 5. The third-order valence-electron chi connectivity index (χ3n) is 1.13. The Bertz CT molecular complexity index is 334. The Morgan fingerprint density at radius 3 is 2.85 bits per heavy atom. The first-order chi connectivity index (χ1) is 6.19. The lowest BCUT2D eigenvalue weighted by Gasteiger charge is -1.98. The molecule has 1 rings (SSSR count). The molecular weight excluding hydrogens is 218 g/mol. The van der Waals surface area contributed by atoms with E-state index in [1.807, 2.05) is 0 Å². The molecule has 0 aliphatic rings. The molecule has 0 amide bonds. The van der Waals surface area contributed by atoms with Crippen LogP contribution in [0.15, 0.2) is 4.21 Å². The molecule has 70 valence electrons. The monoisotopic (exact) mass is 222 g/mol. The smallest absolute Gasteiger partial charge is 0.388 e. The molecule has 0 saturated heterocycles. The van der Waals surface area contributed by atoms with Crippen molar-refractivity contribution >= 4 is 23.3 Å². The van der Waals surface area contributed by atoms with E-state index in [9.17, 15) is 8.78 Å². The van der Waals surface area contributed by atoms with Gasteiger partial charge in [-0.2, -0.15) is 18.4 Å². The Balaban J connectivity index is 2.96. The van der Waals surface area contributed by atoms with Gasteiger partial charge in [0, 0.05) is 0 Å². The molecular formula is C6H4F2N2OS2. The summed E-state index contributed by atoms with van der Waals surface area (Å²) in [6.45, 7) is -2.94. The first-order valence-electron chi connectivity index (χ1n) is 3.07. The van der Waals surface area contributed by atoms with Gasteiger partial charge < -0.3 is 4.74 Å². The van der Waals surface area contributed by atoms with Crippen molar-refractivity contribution in [2.24, 2.45) is 0 Å². The van der Waals surface area contributed by atoms with E-state index in [-0.39, 0.29) is 11.4 Å². The highest BCUT2D eigenvalue weighted by Crippen LogP contribution is 2.32. The van der Waals surface area contributed by atoms with E-state index in [0.29, 0.717) is 4.21 Å². The fraction of sp³-hybridized carbons (Fsp3) is 0.333. The second kappa shape index (κ2) is 4.39. The molecule has 3 nitrogen and oxygen atoms in total. The van der Waals surface area contributed by atoms with Crippen LogP contribution >= 0.6 is 23.3 Å². The molecule has 0 unspecified atom stereocenters. The molecule has 0 atom stereocenters. The highest BCUT2D eigenvalue weighted by atomic mass is 32.2. The summed E-state index contributed by atoms with van der Waals surface area (Å²) in [4.78, 5) is 0. The molecule has 1 heterocycles. The Kier molecular flexibility index (Phi) is 3.45. The van der Waals surface area contributed by atoms with Gasteiger partial charge in [0.05, 0.1) is 0 Å². The maximum atomic E-state index is 11.8. The molecule has 0 N–H and O–H groups in total. The molecule has 0 bridgehead atoms. The fourth-order valence-electron chi connectivity index (χ4n) is 0.659. The van der Waals surface area contributed by atoms with Crippen molar-refractivity contribution in [1.82, 2.24) is 4.37 Å². The normalized spacial score (nSPS) is 10.1. The van der Waals surface area contributed by atoms with E-state index in [4.69, 9.17) is 5.26 Å². The summed E-state index contributed by atoms with van der Waals surface area (Å²) < 4.78 is 31.8. The summed E-state index contributed by atoms with van der Waals surface area (Å²) in [7, 11) is 0. The predicted molar refractivity (Wildman–Crippen MR) is 45.2 cm³/mol. The number of halogens is 2. The summed E-state index contributed by atoms with van der Waals surface area (Å²) in [5.74, 6) is -0.285. The van der Waals surface area contributed by atoms with Crippen LogP contribution in [0.25, 0.3) is 0 Å². The highest BCUT2D eigenvalue weighted by Gasteiger charge is 2.17. The number of ether oxygens (including phenoxy) is 1. The number of hydrogen-bond donors (Lipinski definition) is 0. The van der Waals surface area contributed by atoms with Crippen molar-refractivity contribution in [3.8, 4) is 11.9 Å². The van der Waals surface area contributed by atoms with Gasteiger partial charge in [-0.05, 0) is 17.8 Å². The minimum Gasteiger partial charge on any atom is -0.414 e. The Labute approximate surface area is 81.5 Å². The van der Waals surface area contributed by atoms with Gasteiger partial charge in [-0.25, -0.2) is 0 Å². The molecule has 0 aliphatic carbocycles. The Hall–Kier alpha value is -0.870. The number of nitrogens with zero attached hydrogens (tertiary/aromatic N) is 2. The number of rotatable bonds is 3. The van der Waals surface area contributed by atoms with Crippen LogP contribution in [-0.2, 0) is 0 Å². The Morgan fingerprint density at radius 1 is 1.69 bits per heavy atom. The Morgan fingerprint density at radius 2 is 2.38 bits per heavy atom. The average molecular weight is 222 g/mol. The molecule has 0 radical (unpaired) electrons. The van der Waals surface area contributed by atoms with Crippen molar-refractivity contribution in [2.45, 2.75) is 10.8 Å².